The highest BCUT2D eigenvalue weighted by Crippen LogP contribution is 1.83. The van der Waals surface area contributed by atoms with Gasteiger partial charge in [0, 0.05) is 0 Å². The summed E-state index contributed by atoms with van der Waals surface area (Å²) >= 11 is 4.26. The molecule has 0 saturated carbocycles. The fourth-order valence-electron chi connectivity index (χ4n) is 0.0282. The molecule has 0 unspecified atom stereocenters. The van der Waals surface area contributed by atoms with Crippen LogP contribution in [0.2, 0.25) is 0 Å². The van der Waals surface area contributed by atoms with Crippen LogP contribution >= 0.6 is 11.9 Å². The minimum absolute atomic E-state index is 1.27. The second-order valence-corrected chi connectivity index (χ2v) is 0.754. The predicted octanol–water partition coefficient (Wildman–Crippen LogP) is 0.553. The average Bonchev–Trinajstić information content (AvgIpc) is 1.65. The van der Waals surface area contributed by atoms with Gasteiger partial charge in [-0.3, -0.25) is 14.4 Å². The van der Waals surface area contributed by atoms with E-state index in [4.69, 9.17) is 0 Å². The summed E-state index contributed by atoms with van der Waals surface area (Å²) in [5.41, 5.74) is 0. The zero-order valence-corrected chi connectivity index (χ0v) is 3.71. The highest BCUT2D eigenvalue weighted by atomic mass is 35.5. The Hall–Kier alpha value is -0.840. The highest BCUT2D eigenvalue weighted by Gasteiger charge is 2.14. The van der Waals surface area contributed by atoms with Crippen molar-refractivity contribution in [2.45, 2.75) is 0 Å². The molecule has 7 heavy (non-hydrogen) atoms. The molecule has 6 heteroatoms. The Labute approximate surface area is 43.1 Å². The van der Waals surface area contributed by atoms with Crippen LogP contribution in [0.25, 0.3) is 0 Å². The van der Waals surface area contributed by atoms with E-state index in [1.807, 2.05) is 0 Å². The summed E-state index contributed by atoms with van der Waals surface area (Å²) in [6, 6.07) is 0. The molecule has 0 rings (SSSR count). The number of hydrogen-bond acceptors (Lipinski definition) is 4. The number of halogens is 1. The fourth-order valence-corrected chi connectivity index (χ4v) is 0.0845. The molecular formula is CClNO4. The molecule has 0 bridgehead atoms. The highest BCUT2D eigenvalue weighted by molar-refractivity contribution is 6.12. The normalized spacial score (nSPS) is 7.57. The molecule has 0 aromatic rings. The van der Waals surface area contributed by atoms with E-state index < -0.39 is 11.0 Å². The third kappa shape index (κ3) is 1.94. The first-order chi connectivity index (χ1) is 3.18. The van der Waals surface area contributed by atoms with Crippen LogP contribution in [0.1, 0.15) is 0 Å². The van der Waals surface area contributed by atoms with Gasteiger partial charge < -0.3 is 0 Å². The summed E-state index contributed by atoms with van der Waals surface area (Å²) in [6.07, 6.45) is -1.67. The summed E-state index contributed by atoms with van der Waals surface area (Å²) in [5.74, 6) is 0. The van der Waals surface area contributed by atoms with E-state index in [1.54, 1.807) is 0 Å². The van der Waals surface area contributed by atoms with E-state index >= 15 is 0 Å². The summed E-state index contributed by atoms with van der Waals surface area (Å²) in [6.45, 7) is 0. The summed E-state index contributed by atoms with van der Waals surface area (Å²) in [7, 11) is 0. The van der Waals surface area contributed by atoms with Crippen LogP contribution in [0.15, 0.2) is 0 Å². The van der Waals surface area contributed by atoms with Crippen molar-refractivity contribution in [2.75, 3.05) is 0 Å². The van der Waals surface area contributed by atoms with Gasteiger partial charge in [-0.1, -0.05) is 0 Å². The van der Waals surface area contributed by atoms with Gasteiger partial charge in [-0.25, -0.2) is 0 Å². The number of carbonyl (C=O) groups excluding carboxylic acids is 1. The van der Waals surface area contributed by atoms with E-state index in [9.17, 15) is 14.9 Å². The van der Waals surface area contributed by atoms with Gasteiger partial charge >= 0.3 is 6.09 Å². The van der Waals surface area contributed by atoms with Gasteiger partial charge in [0.1, 0.15) is 16.8 Å². The largest absolute Gasteiger partial charge is 0.675 e. The SMILES string of the molecule is O=C(OCl)[N+](=O)[O-]. The second-order valence-electron chi connectivity index (χ2n) is 0.600. The van der Waals surface area contributed by atoms with Crippen molar-refractivity contribution in [3.63, 3.8) is 0 Å². The quantitative estimate of drug-likeness (QED) is 0.350. The lowest BCUT2D eigenvalue weighted by Crippen LogP contribution is -2.07. The second kappa shape index (κ2) is 2.35. The molecule has 0 aliphatic heterocycles. The van der Waals surface area contributed by atoms with Crippen molar-refractivity contribution in [3.8, 4) is 0 Å². The molecule has 0 spiro atoms. The first kappa shape index (κ1) is 6.16. The van der Waals surface area contributed by atoms with Crippen molar-refractivity contribution < 1.29 is 14.0 Å². The third-order valence-electron chi connectivity index (χ3n) is 0.215. The van der Waals surface area contributed by atoms with Crippen molar-refractivity contribution in [2.24, 2.45) is 0 Å². The van der Waals surface area contributed by atoms with Gasteiger partial charge in [0.2, 0.25) is 0 Å². The lowest BCUT2D eigenvalue weighted by molar-refractivity contribution is -0.389. The number of amides is 1. The molecule has 1 amide bonds. The van der Waals surface area contributed by atoms with Crippen LogP contribution in [0.3, 0.4) is 0 Å². The molecule has 0 heterocycles. The van der Waals surface area contributed by atoms with Crippen molar-refractivity contribution in [3.05, 3.63) is 10.1 Å². The molecule has 0 saturated heterocycles. The Balaban J connectivity index is 3.58. The Morgan fingerprint density at radius 1 is 1.86 bits per heavy atom. The van der Waals surface area contributed by atoms with Gasteiger partial charge in [-0.2, -0.15) is 4.79 Å². The number of rotatable bonds is 0. The first-order valence-electron chi connectivity index (χ1n) is 1.15. The molecular weight excluding hydrogens is 125 g/mol. The molecule has 0 N–H and O–H groups in total. The maximum absolute atomic E-state index is 9.46. The van der Waals surface area contributed by atoms with Gasteiger partial charge in [0.25, 0.3) is 0 Å². The van der Waals surface area contributed by atoms with Crippen molar-refractivity contribution in [1.82, 2.24) is 0 Å². The van der Waals surface area contributed by atoms with E-state index in [0.29, 0.717) is 0 Å². The molecule has 0 aromatic heterocycles. The summed E-state index contributed by atoms with van der Waals surface area (Å²) in [5, 5.41) is 9.18. The molecule has 0 aliphatic carbocycles. The molecule has 0 atom stereocenters. The van der Waals surface area contributed by atoms with Crippen molar-refractivity contribution >= 4 is 18.0 Å². The molecule has 0 aliphatic rings. The smallest absolute Gasteiger partial charge is 0.288 e. The molecule has 40 valence electrons. The monoisotopic (exact) mass is 125 g/mol. The lowest BCUT2D eigenvalue weighted by Gasteiger charge is -1.77. The molecule has 0 radical (unpaired) electrons. The van der Waals surface area contributed by atoms with Crippen LogP contribution in [-0.2, 0) is 4.29 Å². The van der Waals surface area contributed by atoms with Crippen LogP contribution < -0.4 is 0 Å². The Kier molecular flexibility index (Phi) is 2.07. The number of nitrogens with zero attached hydrogens (tertiary/aromatic N) is 1. The van der Waals surface area contributed by atoms with Crippen LogP contribution in [0.4, 0.5) is 4.79 Å². The zero-order chi connectivity index (χ0) is 5.86. The van der Waals surface area contributed by atoms with Gasteiger partial charge in [0.05, 0.1) is 0 Å². The van der Waals surface area contributed by atoms with Gasteiger partial charge in [-0.05, 0) is 0 Å². The van der Waals surface area contributed by atoms with E-state index in [1.165, 1.54) is 0 Å². The van der Waals surface area contributed by atoms with Crippen LogP contribution in [0, 0.1) is 10.1 Å². The minimum atomic E-state index is -1.67. The minimum Gasteiger partial charge on any atom is -0.288 e. The van der Waals surface area contributed by atoms with Crippen LogP contribution in [-0.4, -0.2) is 11.0 Å². The fraction of sp³-hybridized carbons (Fsp3) is 0. The lowest BCUT2D eigenvalue weighted by atomic mass is 11.3. The number of carbonyl (C=O) groups is 1. The number of nitro groups is 1. The van der Waals surface area contributed by atoms with E-state index in [-0.39, 0.29) is 0 Å². The maximum Gasteiger partial charge on any atom is 0.675 e. The maximum atomic E-state index is 9.46. The molecule has 5 nitrogen and oxygen atoms in total. The molecule has 0 aromatic carbocycles. The standard InChI is InChI=1S/CClNO4/c2-7-1(4)3(5)6. The van der Waals surface area contributed by atoms with E-state index in [2.05, 4.69) is 16.2 Å². The van der Waals surface area contributed by atoms with Crippen LogP contribution in [0.5, 0.6) is 0 Å². The summed E-state index contributed by atoms with van der Waals surface area (Å²) < 4.78 is 3.15. The topological polar surface area (TPSA) is 69.4 Å². The van der Waals surface area contributed by atoms with Crippen molar-refractivity contribution in [1.29, 1.82) is 0 Å². The number of hydrogen-bond donors (Lipinski definition) is 0. The Morgan fingerprint density at radius 3 is 2.29 bits per heavy atom. The Bertz CT molecular complexity index is 99.9. The average molecular weight is 125 g/mol. The van der Waals surface area contributed by atoms with E-state index in [0.717, 1.165) is 0 Å². The first-order valence-corrected chi connectivity index (χ1v) is 1.46. The predicted molar refractivity (Wildman–Crippen MR) is 19.3 cm³/mol. The van der Waals surface area contributed by atoms with Gasteiger partial charge in [-0.15, -0.1) is 0 Å². The third-order valence-corrected chi connectivity index (χ3v) is 0.347. The zero-order valence-electron chi connectivity index (χ0n) is 2.96. The molecule has 0 fully saturated rings. The van der Waals surface area contributed by atoms with Gasteiger partial charge in [0.15, 0.2) is 0 Å². The Morgan fingerprint density at radius 2 is 2.29 bits per heavy atom. The summed E-state index contributed by atoms with van der Waals surface area (Å²) in [4.78, 5) is 17.4.